The first-order valence-electron chi connectivity index (χ1n) is 6.96. The Balaban J connectivity index is 2.20. The molecule has 0 spiro atoms. The summed E-state index contributed by atoms with van der Waals surface area (Å²) in [7, 11) is 3.94. The summed E-state index contributed by atoms with van der Waals surface area (Å²) in [5.41, 5.74) is 1.37. The number of halogens is 1. The molecular weight excluding hydrogens is 318 g/mol. The van der Waals surface area contributed by atoms with E-state index in [0.717, 1.165) is 41.7 Å². The third-order valence-electron chi connectivity index (χ3n) is 3.81. The lowest BCUT2D eigenvalue weighted by Crippen LogP contribution is -2.54. The number of hydrogen-bond acceptors (Lipinski definition) is 3. The normalized spacial score (nSPS) is 22.4. The molecule has 1 saturated heterocycles. The van der Waals surface area contributed by atoms with Crippen LogP contribution < -0.4 is 15.5 Å². The van der Waals surface area contributed by atoms with Gasteiger partial charge in [0.05, 0.1) is 16.9 Å². The smallest absolute Gasteiger partial charge is 0.244 e. The van der Waals surface area contributed by atoms with Crippen molar-refractivity contribution in [1.29, 1.82) is 0 Å². The van der Waals surface area contributed by atoms with Crippen molar-refractivity contribution in [2.45, 2.75) is 31.7 Å². The number of carbonyl (C=O) groups is 1. The van der Waals surface area contributed by atoms with Crippen molar-refractivity contribution in [3.63, 3.8) is 0 Å². The highest BCUT2D eigenvalue weighted by Gasteiger charge is 2.34. The van der Waals surface area contributed by atoms with Gasteiger partial charge in [-0.05, 0) is 50.9 Å². The van der Waals surface area contributed by atoms with Crippen LogP contribution in [-0.2, 0) is 4.79 Å². The molecule has 1 atom stereocenters. The van der Waals surface area contributed by atoms with Crippen molar-refractivity contribution >= 4 is 33.2 Å². The van der Waals surface area contributed by atoms with E-state index in [0.29, 0.717) is 0 Å². The Hall–Kier alpha value is -1.07. The summed E-state index contributed by atoms with van der Waals surface area (Å²) >= 11 is 3.46. The largest absolute Gasteiger partial charge is 0.376 e. The van der Waals surface area contributed by atoms with Crippen LogP contribution in [0.1, 0.15) is 26.2 Å². The van der Waals surface area contributed by atoms with Gasteiger partial charge in [0.15, 0.2) is 0 Å². The first kappa shape index (κ1) is 15.3. The molecule has 0 saturated carbocycles. The molecule has 20 heavy (non-hydrogen) atoms. The van der Waals surface area contributed by atoms with E-state index in [1.54, 1.807) is 0 Å². The molecule has 1 unspecified atom stereocenters. The molecule has 2 rings (SSSR count). The summed E-state index contributed by atoms with van der Waals surface area (Å²) in [6.07, 6.45) is 3.11. The molecule has 5 heteroatoms. The number of carbonyl (C=O) groups excluding carboxylic acids is 1. The third kappa shape index (κ3) is 3.33. The zero-order valence-corrected chi connectivity index (χ0v) is 13.9. The van der Waals surface area contributed by atoms with Crippen molar-refractivity contribution < 1.29 is 4.79 Å². The van der Waals surface area contributed by atoms with Gasteiger partial charge in [-0.2, -0.15) is 0 Å². The Labute approximate surface area is 129 Å². The molecule has 1 heterocycles. The molecule has 1 aromatic rings. The number of anilines is 2. The first-order chi connectivity index (χ1) is 9.42. The third-order valence-corrected chi connectivity index (χ3v) is 4.30. The van der Waals surface area contributed by atoms with Crippen LogP contribution in [-0.4, -0.2) is 32.1 Å². The summed E-state index contributed by atoms with van der Waals surface area (Å²) in [6, 6.07) is 5.92. The minimum atomic E-state index is -0.468. The predicted octanol–water partition coefficient (Wildman–Crippen LogP) is 2.99. The maximum absolute atomic E-state index is 12.6. The molecule has 1 aliphatic rings. The average molecular weight is 340 g/mol. The van der Waals surface area contributed by atoms with Crippen LogP contribution in [0.5, 0.6) is 0 Å². The molecule has 2 N–H and O–H groups in total. The highest BCUT2D eigenvalue weighted by molar-refractivity contribution is 9.10. The highest BCUT2D eigenvalue weighted by atomic mass is 79.9. The van der Waals surface area contributed by atoms with E-state index in [-0.39, 0.29) is 5.91 Å². The van der Waals surface area contributed by atoms with E-state index in [9.17, 15) is 4.79 Å². The van der Waals surface area contributed by atoms with Crippen molar-refractivity contribution in [3.05, 3.63) is 22.7 Å². The molecule has 1 aliphatic heterocycles. The SMILES string of the molecule is CN(C)c1ccc(Br)cc1NC(=O)C1(C)CCCCN1. The molecule has 1 fully saturated rings. The zero-order valence-electron chi connectivity index (χ0n) is 12.3. The van der Waals surface area contributed by atoms with Crippen LogP contribution in [0.15, 0.2) is 22.7 Å². The minimum absolute atomic E-state index is 0.0402. The molecule has 4 nitrogen and oxygen atoms in total. The molecular formula is C15H22BrN3O. The van der Waals surface area contributed by atoms with Crippen molar-refractivity contribution in [3.8, 4) is 0 Å². The molecule has 0 bridgehead atoms. The van der Waals surface area contributed by atoms with Gasteiger partial charge in [0.1, 0.15) is 0 Å². The lowest BCUT2D eigenvalue weighted by Gasteiger charge is -2.34. The predicted molar refractivity (Wildman–Crippen MR) is 87.4 cm³/mol. The Morgan fingerprint density at radius 2 is 2.15 bits per heavy atom. The fraction of sp³-hybridized carbons (Fsp3) is 0.533. The number of nitrogens with one attached hydrogen (secondary N) is 2. The van der Waals surface area contributed by atoms with Crippen LogP contribution in [0.3, 0.4) is 0 Å². The van der Waals surface area contributed by atoms with Crippen LogP contribution in [0, 0.1) is 0 Å². The summed E-state index contributed by atoms with van der Waals surface area (Å²) in [6.45, 7) is 2.89. The van der Waals surface area contributed by atoms with Crippen molar-refractivity contribution in [1.82, 2.24) is 5.32 Å². The average Bonchev–Trinajstić information content (AvgIpc) is 2.39. The minimum Gasteiger partial charge on any atom is -0.376 e. The second-order valence-corrected chi connectivity index (χ2v) is 6.64. The van der Waals surface area contributed by atoms with E-state index in [1.165, 1.54) is 0 Å². The zero-order chi connectivity index (χ0) is 14.8. The van der Waals surface area contributed by atoms with E-state index < -0.39 is 5.54 Å². The van der Waals surface area contributed by atoms with Gasteiger partial charge in [-0.1, -0.05) is 15.9 Å². The number of hydrogen-bond donors (Lipinski definition) is 2. The van der Waals surface area contributed by atoms with Gasteiger partial charge >= 0.3 is 0 Å². The topological polar surface area (TPSA) is 44.4 Å². The quantitative estimate of drug-likeness (QED) is 0.889. The fourth-order valence-electron chi connectivity index (χ4n) is 2.51. The van der Waals surface area contributed by atoms with E-state index in [1.807, 2.05) is 44.1 Å². The Morgan fingerprint density at radius 3 is 2.75 bits per heavy atom. The maximum Gasteiger partial charge on any atom is 0.244 e. The van der Waals surface area contributed by atoms with Gasteiger partial charge in [0, 0.05) is 18.6 Å². The second-order valence-electron chi connectivity index (χ2n) is 5.73. The molecule has 1 aromatic carbocycles. The number of piperidine rings is 1. The summed E-state index contributed by atoms with van der Waals surface area (Å²) < 4.78 is 0.958. The van der Waals surface area contributed by atoms with Gasteiger partial charge in [-0.3, -0.25) is 4.79 Å². The lowest BCUT2D eigenvalue weighted by atomic mass is 9.90. The maximum atomic E-state index is 12.6. The van der Waals surface area contributed by atoms with Gasteiger partial charge < -0.3 is 15.5 Å². The molecule has 0 aliphatic carbocycles. The van der Waals surface area contributed by atoms with E-state index in [4.69, 9.17) is 0 Å². The van der Waals surface area contributed by atoms with Crippen LogP contribution in [0.2, 0.25) is 0 Å². The van der Waals surface area contributed by atoms with E-state index >= 15 is 0 Å². The van der Waals surface area contributed by atoms with Crippen molar-refractivity contribution in [2.24, 2.45) is 0 Å². The highest BCUT2D eigenvalue weighted by Crippen LogP contribution is 2.29. The lowest BCUT2D eigenvalue weighted by molar-refractivity contribution is -0.122. The number of amides is 1. The van der Waals surface area contributed by atoms with Gasteiger partial charge in [-0.15, -0.1) is 0 Å². The summed E-state index contributed by atoms with van der Waals surface area (Å²) in [5, 5.41) is 6.41. The van der Waals surface area contributed by atoms with E-state index in [2.05, 4.69) is 26.6 Å². The van der Waals surface area contributed by atoms with Crippen molar-refractivity contribution in [2.75, 3.05) is 30.9 Å². The summed E-state index contributed by atoms with van der Waals surface area (Å²) in [5.74, 6) is 0.0402. The van der Waals surface area contributed by atoms with Crippen LogP contribution in [0.4, 0.5) is 11.4 Å². The van der Waals surface area contributed by atoms with Crippen LogP contribution in [0.25, 0.3) is 0 Å². The number of nitrogens with zero attached hydrogens (tertiary/aromatic N) is 1. The molecule has 110 valence electrons. The second kappa shape index (κ2) is 6.14. The van der Waals surface area contributed by atoms with Gasteiger partial charge in [0.25, 0.3) is 0 Å². The molecule has 0 radical (unpaired) electrons. The Bertz CT molecular complexity index is 496. The molecule has 0 aromatic heterocycles. The molecule has 1 amide bonds. The van der Waals surface area contributed by atoms with Crippen LogP contribution >= 0.6 is 15.9 Å². The standard InChI is InChI=1S/C15H22BrN3O/c1-15(8-4-5-9-17-15)14(20)18-12-10-11(16)6-7-13(12)19(2)3/h6-7,10,17H,4-5,8-9H2,1-3H3,(H,18,20). The first-order valence-corrected chi connectivity index (χ1v) is 7.75. The number of rotatable bonds is 3. The number of benzene rings is 1. The fourth-order valence-corrected chi connectivity index (χ4v) is 2.87. The Kier molecular flexibility index (Phi) is 4.70. The van der Waals surface area contributed by atoms with Gasteiger partial charge in [0.2, 0.25) is 5.91 Å². The monoisotopic (exact) mass is 339 g/mol. The van der Waals surface area contributed by atoms with Gasteiger partial charge in [-0.25, -0.2) is 0 Å². The summed E-state index contributed by atoms with van der Waals surface area (Å²) in [4.78, 5) is 14.6. The Morgan fingerprint density at radius 1 is 1.40 bits per heavy atom.